The SMILES string of the molecule is Cc1ccccc1CCNC(=O)c1ccnc(F)c1F. The second-order valence-corrected chi connectivity index (χ2v) is 4.40. The summed E-state index contributed by atoms with van der Waals surface area (Å²) in [5, 5.41) is 2.57. The van der Waals surface area contributed by atoms with Crippen LogP contribution in [0.15, 0.2) is 36.5 Å². The normalized spacial score (nSPS) is 10.3. The Morgan fingerprint density at radius 1 is 1.25 bits per heavy atom. The molecule has 1 N–H and O–H groups in total. The van der Waals surface area contributed by atoms with Crippen molar-refractivity contribution in [2.45, 2.75) is 13.3 Å². The molecule has 0 bridgehead atoms. The molecule has 1 aromatic carbocycles. The zero-order valence-electron chi connectivity index (χ0n) is 11.0. The van der Waals surface area contributed by atoms with Crippen molar-refractivity contribution in [1.82, 2.24) is 10.3 Å². The average Bonchev–Trinajstić information content (AvgIpc) is 2.44. The van der Waals surface area contributed by atoms with Crippen molar-refractivity contribution in [3.05, 3.63) is 65.0 Å². The van der Waals surface area contributed by atoms with Crippen LogP contribution in [0, 0.1) is 18.7 Å². The fourth-order valence-corrected chi connectivity index (χ4v) is 1.89. The van der Waals surface area contributed by atoms with Crippen LogP contribution in [0.25, 0.3) is 0 Å². The van der Waals surface area contributed by atoms with Gasteiger partial charge in [0.1, 0.15) is 0 Å². The molecular formula is C15H14F2N2O. The number of aryl methyl sites for hydroxylation is 1. The smallest absolute Gasteiger partial charge is 0.254 e. The molecule has 0 atom stereocenters. The first-order chi connectivity index (χ1) is 9.59. The van der Waals surface area contributed by atoms with Crippen LogP contribution in [0.3, 0.4) is 0 Å². The Labute approximate surface area is 115 Å². The lowest BCUT2D eigenvalue weighted by molar-refractivity contribution is 0.0948. The lowest BCUT2D eigenvalue weighted by atomic mass is 10.1. The summed E-state index contributed by atoms with van der Waals surface area (Å²) in [5.74, 6) is -3.13. The third-order valence-corrected chi connectivity index (χ3v) is 3.03. The van der Waals surface area contributed by atoms with Crippen molar-refractivity contribution in [2.75, 3.05) is 6.54 Å². The van der Waals surface area contributed by atoms with E-state index in [0.717, 1.165) is 23.4 Å². The number of pyridine rings is 1. The van der Waals surface area contributed by atoms with E-state index in [0.29, 0.717) is 13.0 Å². The van der Waals surface area contributed by atoms with Gasteiger partial charge in [0, 0.05) is 12.7 Å². The van der Waals surface area contributed by atoms with Crippen LogP contribution in [-0.2, 0) is 6.42 Å². The van der Waals surface area contributed by atoms with Crippen molar-refractivity contribution in [1.29, 1.82) is 0 Å². The zero-order valence-corrected chi connectivity index (χ0v) is 11.0. The largest absolute Gasteiger partial charge is 0.352 e. The van der Waals surface area contributed by atoms with Gasteiger partial charge in [-0.05, 0) is 30.5 Å². The number of amides is 1. The standard InChI is InChI=1S/C15H14F2N2O/c1-10-4-2-3-5-11(10)6-8-19-15(20)12-7-9-18-14(17)13(12)16/h2-5,7,9H,6,8H2,1H3,(H,19,20). The van der Waals surface area contributed by atoms with E-state index < -0.39 is 17.7 Å². The number of carbonyl (C=O) groups excluding carboxylic acids is 1. The molecule has 1 aromatic heterocycles. The summed E-state index contributed by atoms with van der Waals surface area (Å²) in [6.45, 7) is 2.34. The Morgan fingerprint density at radius 2 is 2.00 bits per heavy atom. The topological polar surface area (TPSA) is 42.0 Å². The molecule has 0 aliphatic rings. The minimum atomic E-state index is -1.27. The number of nitrogens with one attached hydrogen (secondary N) is 1. The lowest BCUT2D eigenvalue weighted by Gasteiger charge is -2.08. The van der Waals surface area contributed by atoms with Crippen molar-refractivity contribution in [3.63, 3.8) is 0 Å². The van der Waals surface area contributed by atoms with E-state index in [1.807, 2.05) is 31.2 Å². The summed E-state index contributed by atoms with van der Waals surface area (Å²) in [7, 11) is 0. The second kappa shape index (κ2) is 6.23. The third-order valence-electron chi connectivity index (χ3n) is 3.03. The van der Waals surface area contributed by atoms with E-state index in [1.54, 1.807) is 0 Å². The van der Waals surface area contributed by atoms with Gasteiger partial charge >= 0.3 is 0 Å². The molecule has 2 rings (SSSR count). The van der Waals surface area contributed by atoms with Crippen molar-refractivity contribution < 1.29 is 13.6 Å². The number of aromatic nitrogens is 1. The van der Waals surface area contributed by atoms with Crippen LogP contribution < -0.4 is 5.32 Å². The van der Waals surface area contributed by atoms with Gasteiger partial charge in [0.2, 0.25) is 5.95 Å². The maximum Gasteiger partial charge on any atom is 0.254 e. The summed E-state index contributed by atoms with van der Waals surface area (Å²) >= 11 is 0. The predicted molar refractivity (Wildman–Crippen MR) is 71.4 cm³/mol. The molecule has 5 heteroatoms. The van der Waals surface area contributed by atoms with E-state index >= 15 is 0 Å². The van der Waals surface area contributed by atoms with Crippen LogP contribution >= 0.6 is 0 Å². The molecule has 0 fully saturated rings. The van der Waals surface area contributed by atoms with Gasteiger partial charge in [0.25, 0.3) is 5.91 Å². The molecule has 0 aliphatic carbocycles. The van der Waals surface area contributed by atoms with Crippen LogP contribution in [0.1, 0.15) is 21.5 Å². The third kappa shape index (κ3) is 3.17. The summed E-state index contributed by atoms with van der Waals surface area (Å²) in [5.41, 5.74) is 1.90. The van der Waals surface area contributed by atoms with Crippen molar-refractivity contribution >= 4 is 5.91 Å². The van der Waals surface area contributed by atoms with Gasteiger partial charge in [-0.3, -0.25) is 4.79 Å². The average molecular weight is 276 g/mol. The molecule has 0 saturated heterocycles. The number of benzene rings is 1. The Hall–Kier alpha value is -2.30. The maximum atomic E-state index is 13.4. The highest BCUT2D eigenvalue weighted by Gasteiger charge is 2.15. The highest BCUT2D eigenvalue weighted by molar-refractivity contribution is 5.94. The van der Waals surface area contributed by atoms with E-state index in [4.69, 9.17) is 0 Å². The minimum Gasteiger partial charge on any atom is -0.352 e. The van der Waals surface area contributed by atoms with Gasteiger partial charge in [-0.2, -0.15) is 4.39 Å². The quantitative estimate of drug-likeness (QED) is 0.872. The fraction of sp³-hybridized carbons (Fsp3) is 0.200. The first kappa shape index (κ1) is 14.1. The van der Waals surface area contributed by atoms with E-state index in [9.17, 15) is 13.6 Å². The number of carbonyl (C=O) groups is 1. The molecule has 0 saturated carbocycles. The molecule has 3 nitrogen and oxygen atoms in total. The molecule has 0 radical (unpaired) electrons. The molecule has 0 aliphatic heterocycles. The van der Waals surface area contributed by atoms with Crippen molar-refractivity contribution in [3.8, 4) is 0 Å². The second-order valence-electron chi connectivity index (χ2n) is 4.40. The molecule has 0 spiro atoms. The number of rotatable bonds is 4. The first-order valence-corrected chi connectivity index (χ1v) is 6.22. The zero-order chi connectivity index (χ0) is 14.5. The highest BCUT2D eigenvalue weighted by atomic mass is 19.2. The van der Waals surface area contributed by atoms with Crippen LogP contribution in [0.5, 0.6) is 0 Å². The molecular weight excluding hydrogens is 262 g/mol. The van der Waals surface area contributed by atoms with E-state index in [1.165, 1.54) is 0 Å². The molecule has 104 valence electrons. The predicted octanol–water partition coefficient (Wildman–Crippen LogP) is 2.64. The summed E-state index contributed by atoms with van der Waals surface area (Å²) < 4.78 is 26.3. The molecule has 1 amide bonds. The van der Waals surface area contributed by atoms with E-state index in [-0.39, 0.29) is 5.56 Å². The molecule has 20 heavy (non-hydrogen) atoms. The minimum absolute atomic E-state index is 0.331. The number of hydrogen-bond acceptors (Lipinski definition) is 2. The first-order valence-electron chi connectivity index (χ1n) is 6.22. The lowest BCUT2D eigenvalue weighted by Crippen LogP contribution is -2.27. The van der Waals surface area contributed by atoms with Gasteiger partial charge in [-0.25, -0.2) is 9.37 Å². The number of hydrogen-bond donors (Lipinski definition) is 1. The van der Waals surface area contributed by atoms with Gasteiger partial charge < -0.3 is 5.32 Å². The van der Waals surface area contributed by atoms with Gasteiger partial charge in [-0.15, -0.1) is 0 Å². The van der Waals surface area contributed by atoms with Crippen LogP contribution in [0.2, 0.25) is 0 Å². The van der Waals surface area contributed by atoms with E-state index in [2.05, 4.69) is 10.3 Å². The Balaban J connectivity index is 1.96. The molecule has 0 unspecified atom stereocenters. The van der Waals surface area contributed by atoms with Gasteiger partial charge in [0.05, 0.1) is 5.56 Å². The van der Waals surface area contributed by atoms with Crippen LogP contribution in [0.4, 0.5) is 8.78 Å². The van der Waals surface area contributed by atoms with Gasteiger partial charge in [0.15, 0.2) is 5.82 Å². The molecule has 2 aromatic rings. The van der Waals surface area contributed by atoms with Crippen molar-refractivity contribution in [2.24, 2.45) is 0 Å². The van der Waals surface area contributed by atoms with Crippen LogP contribution in [-0.4, -0.2) is 17.4 Å². The summed E-state index contributed by atoms with van der Waals surface area (Å²) in [6, 6.07) is 8.96. The fourth-order valence-electron chi connectivity index (χ4n) is 1.89. The summed E-state index contributed by atoms with van der Waals surface area (Å²) in [6.07, 6.45) is 1.70. The van der Waals surface area contributed by atoms with Gasteiger partial charge in [-0.1, -0.05) is 24.3 Å². The molecule has 1 heterocycles. The summed E-state index contributed by atoms with van der Waals surface area (Å²) in [4.78, 5) is 14.9. The maximum absolute atomic E-state index is 13.4. The number of nitrogens with zero attached hydrogens (tertiary/aromatic N) is 1. The Morgan fingerprint density at radius 3 is 2.75 bits per heavy atom. The Bertz CT molecular complexity index is 629. The monoisotopic (exact) mass is 276 g/mol. The highest BCUT2D eigenvalue weighted by Crippen LogP contribution is 2.09. The Kier molecular flexibility index (Phi) is 4.40. The number of halogens is 2.